The van der Waals surface area contributed by atoms with Crippen molar-refractivity contribution < 1.29 is 9.90 Å². The van der Waals surface area contributed by atoms with Gasteiger partial charge in [0.1, 0.15) is 5.69 Å². The van der Waals surface area contributed by atoms with Crippen LogP contribution in [0.25, 0.3) is 0 Å². The van der Waals surface area contributed by atoms with E-state index in [1.807, 2.05) is 11.0 Å². The van der Waals surface area contributed by atoms with Gasteiger partial charge in [0, 0.05) is 12.2 Å². The Morgan fingerprint density at radius 3 is 2.95 bits per heavy atom. The van der Waals surface area contributed by atoms with Crippen molar-refractivity contribution in [3.05, 3.63) is 30.1 Å². The monoisotopic (exact) mass is 260 g/mol. The predicted octanol–water partition coefficient (Wildman–Crippen LogP) is 1.85. The average molecular weight is 260 g/mol. The van der Waals surface area contributed by atoms with E-state index in [1.54, 1.807) is 25.3 Å². The minimum absolute atomic E-state index is 0.0374. The largest absolute Gasteiger partial charge is 0.391 e. The number of piperidine rings is 1. The number of hydrogen-bond donors (Lipinski definition) is 1. The molecule has 1 N–H and O–H groups in total. The molecule has 19 heavy (non-hydrogen) atoms. The molecule has 2 aliphatic heterocycles. The highest BCUT2D eigenvalue weighted by Gasteiger charge is 2.60. The van der Waals surface area contributed by atoms with Gasteiger partial charge < -0.3 is 10.0 Å². The van der Waals surface area contributed by atoms with Crippen LogP contribution in [0.15, 0.2) is 24.4 Å². The fraction of sp³-hybridized carbons (Fsp3) is 0.600. The van der Waals surface area contributed by atoms with Gasteiger partial charge in [0.15, 0.2) is 0 Å². The van der Waals surface area contributed by atoms with E-state index in [1.165, 1.54) is 0 Å². The van der Waals surface area contributed by atoms with Gasteiger partial charge in [-0.15, -0.1) is 0 Å². The Kier molecular flexibility index (Phi) is 2.86. The van der Waals surface area contributed by atoms with Gasteiger partial charge in [-0.2, -0.15) is 0 Å². The summed E-state index contributed by atoms with van der Waals surface area (Å²) in [6.45, 7) is 4.00. The van der Waals surface area contributed by atoms with Gasteiger partial charge >= 0.3 is 0 Å². The lowest BCUT2D eigenvalue weighted by Crippen LogP contribution is -2.75. The molecule has 2 saturated heterocycles. The van der Waals surface area contributed by atoms with Crippen molar-refractivity contribution in [1.82, 2.24) is 9.88 Å². The highest BCUT2D eigenvalue weighted by atomic mass is 16.3. The van der Waals surface area contributed by atoms with Crippen molar-refractivity contribution in [3.8, 4) is 0 Å². The van der Waals surface area contributed by atoms with E-state index in [9.17, 15) is 9.90 Å². The minimum Gasteiger partial charge on any atom is -0.391 e. The van der Waals surface area contributed by atoms with Crippen LogP contribution in [-0.2, 0) is 0 Å². The molecule has 3 heterocycles. The Labute approximate surface area is 113 Å². The van der Waals surface area contributed by atoms with Gasteiger partial charge in [-0.25, -0.2) is 0 Å². The van der Waals surface area contributed by atoms with Crippen molar-refractivity contribution in [2.24, 2.45) is 5.92 Å². The van der Waals surface area contributed by atoms with Crippen LogP contribution in [0.5, 0.6) is 0 Å². The number of aliphatic hydroxyl groups is 1. The first kappa shape index (κ1) is 12.6. The molecule has 4 heteroatoms. The van der Waals surface area contributed by atoms with Gasteiger partial charge in [0.25, 0.3) is 5.91 Å². The van der Waals surface area contributed by atoms with Crippen molar-refractivity contribution in [3.63, 3.8) is 0 Å². The second-order valence-electron chi connectivity index (χ2n) is 6.07. The first-order valence-electron chi connectivity index (χ1n) is 6.97. The highest BCUT2D eigenvalue weighted by Crippen LogP contribution is 2.51. The van der Waals surface area contributed by atoms with Gasteiger partial charge in [-0.1, -0.05) is 13.0 Å². The number of carbonyl (C=O) groups excluding carboxylic acids is 1. The first-order chi connectivity index (χ1) is 9.04. The Morgan fingerprint density at radius 1 is 1.53 bits per heavy atom. The second-order valence-corrected chi connectivity index (χ2v) is 6.07. The number of carbonyl (C=O) groups is 1. The molecule has 102 valence electrons. The van der Waals surface area contributed by atoms with Crippen LogP contribution < -0.4 is 0 Å². The topological polar surface area (TPSA) is 53.4 Å². The zero-order chi connectivity index (χ0) is 13.6. The zero-order valence-electron chi connectivity index (χ0n) is 11.4. The fourth-order valence-electron chi connectivity index (χ4n) is 3.89. The lowest BCUT2D eigenvalue weighted by Gasteiger charge is -2.64. The molecule has 4 nitrogen and oxygen atoms in total. The number of nitrogens with zero attached hydrogens (tertiary/aromatic N) is 2. The van der Waals surface area contributed by atoms with Crippen molar-refractivity contribution in [2.75, 3.05) is 0 Å². The summed E-state index contributed by atoms with van der Waals surface area (Å²) in [4.78, 5) is 18.6. The van der Waals surface area contributed by atoms with Crippen molar-refractivity contribution in [2.45, 2.75) is 50.8 Å². The minimum atomic E-state index is -0.487. The highest BCUT2D eigenvalue weighted by molar-refractivity contribution is 5.94. The van der Waals surface area contributed by atoms with Crippen LogP contribution in [0.1, 0.15) is 43.6 Å². The summed E-state index contributed by atoms with van der Waals surface area (Å²) in [5, 5.41) is 10.1. The molecule has 1 aromatic heterocycles. The molecule has 0 radical (unpaired) electrons. The van der Waals surface area contributed by atoms with Gasteiger partial charge in [0.05, 0.1) is 11.6 Å². The molecule has 1 amide bonds. The summed E-state index contributed by atoms with van der Waals surface area (Å²) < 4.78 is 0. The quantitative estimate of drug-likeness (QED) is 0.883. The molecular formula is C15H20N2O2. The Hall–Kier alpha value is -1.42. The van der Waals surface area contributed by atoms with E-state index in [4.69, 9.17) is 0 Å². The third-order valence-corrected chi connectivity index (χ3v) is 4.69. The molecule has 1 aliphatic carbocycles. The fourth-order valence-corrected chi connectivity index (χ4v) is 3.89. The van der Waals surface area contributed by atoms with Crippen LogP contribution in [-0.4, -0.2) is 38.6 Å². The van der Waals surface area contributed by atoms with Gasteiger partial charge in [-0.3, -0.25) is 9.78 Å². The van der Waals surface area contributed by atoms with Crippen LogP contribution in [0, 0.1) is 5.92 Å². The smallest absolute Gasteiger partial charge is 0.273 e. The summed E-state index contributed by atoms with van der Waals surface area (Å²) >= 11 is 0. The SMILES string of the molecule is C[C@@H]1CC2C[C@]([C@@H](C)O)(C1)N2C(=O)c1ccccn1. The van der Waals surface area contributed by atoms with E-state index in [-0.39, 0.29) is 17.5 Å². The molecule has 3 fully saturated rings. The lowest BCUT2D eigenvalue weighted by atomic mass is 9.62. The standard InChI is InChI=1S/C15H20N2O2/c1-10-7-12-9-15(8-10,11(2)18)17(12)14(19)13-5-3-4-6-16-13/h3-6,10-12,18H,7-9H2,1-2H3/t10-,11-,12?,15+/m1/s1. The number of rotatable bonds is 2. The molecule has 0 aromatic carbocycles. The second kappa shape index (κ2) is 4.30. The maximum Gasteiger partial charge on any atom is 0.273 e. The van der Waals surface area contributed by atoms with E-state index in [0.717, 1.165) is 19.3 Å². The summed E-state index contributed by atoms with van der Waals surface area (Å²) in [6.07, 6.45) is 4.00. The van der Waals surface area contributed by atoms with Crippen LogP contribution in [0.3, 0.4) is 0 Å². The van der Waals surface area contributed by atoms with Crippen LogP contribution >= 0.6 is 0 Å². The third-order valence-electron chi connectivity index (χ3n) is 4.69. The normalized spacial score (nSPS) is 34.6. The van der Waals surface area contributed by atoms with Crippen LogP contribution in [0.4, 0.5) is 0 Å². The summed E-state index contributed by atoms with van der Waals surface area (Å²) in [5.74, 6) is 0.533. The zero-order valence-corrected chi connectivity index (χ0v) is 11.4. The molecule has 4 atom stereocenters. The van der Waals surface area contributed by atoms with E-state index < -0.39 is 6.10 Å². The van der Waals surface area contributed by atoms with Gasteiger partial charge in [0.2, 0.25) is 0 Å². The maximum atomic E-state index is 12.6. The number of aromatic nitrogens is 1. The molecule has 2 bridgehead atoms. The Balaban J connectivity index is 1.91. The Bertz CT molecular complexity index is 488. The number of hydrogen-bond acceptors (Lipinski definition) is 3. The first-order valence-corrected chi connectivity index (χ1v) is 6.97. The van der Waals surface area contributed by atoms with E-state index >= 15 is 0 Å². The lowest BCUT2D eigenvalue weighted by molar-refractivity contribution is -0.152. The predicted molar refractivity (Wildman–Crippen MR) is 71.6 cm³/mol. The molecule has 1 unspecified atom stereocenters. The molecule has 4 rings (SSSR count). The van der Waals surface area contributed by atoms with Crippen molar-refractivity contribution in [1.29, 1.82) is 0 Å². The maximum absolute atomic E-state index is 12.6. The average Bonchev–Trinajstić information content (AvgIpc) is 2.38. The summed E-state index contributed by atoms with van der Waals surface area (Å²) in [6, 6.07) is 5.65. The molecule has 3 aliphatic rings. The number of fused-ring (bicyclic) bond motifs is 2. The number of amides is 1. The Morgan fingerprint density at radius 2 is 2.32 bits per heavy atom. The molecule has 1 saturated carbocycles. The molecule has 1 aromatic rings. The number of aliphatic hydroxyl groups excluding tert-OH is 1. The number of pyridine rings is 1. The third kappa shape index (κ3) is 1.77. The van der Waals surface area contributed by atoms with Crippen LogP contribution in [0.2, 0.25) is 0 Å². The summed E-state index contributed by atoms with van der Waals surface area (Å²) in [5.41, 5.74) is 0.114. The van der Waals surface area contributed by atoms with E-state index in [0.29, 0.717) is 11.6 Å². The summed E-state index contributed by atoms with van der Waals surface area (Å²) in [7, 11) is 0. The molecular weight excluding hydrogens is 240 g/mol. The molecule has 0 spiro atoms. The van der Waals surface area contributed by atoms with Crippen molar-refractivity contribution >= 4 is 5.91 Å². The van der Waals surface area contributed by atoms with E-state index in [2.05, 4.69) is 11.9 Å². The van der Waals surface area contributed by atoms with Gasteiger partial charge in [-0.05, 0) is 44.2 Å².